The highest BCUT2D eigenvalue weighted by Gasteiger charge is 2.26. The van der Waals surface area contributed by atoms with Crippen LogP contribution < -0.4 is 5.32 Å². The maximum Gasteiger partial charge on any atom is 0.294 e. The highest BCUT2D eigenvalue weighted by molar-refractivity contribution is 7.85. The Morgan fingerprint density at radius 3 is 2.67 bits per heavy atom. The minimum absolute atomic E-state index is 0.248. The first-order valence-electron chi connectivity index (χ1n) is 7.14. The Kier molecular flexibility index (Phi) is 3.09. The minimum Gasteiger partial charge on any atom is -0.361 e. The molecule has 120 valence electrons. The van der Waals surface area contributed by atoms with Crippen LogP contribution in [-0.2, 0) is 14.9 Å². The van der Waals surface area contributed by atoms with Crippen molar-refractivity contribution in [1.29, 1.82) is 0 Å². The van der Waals surface area contributed by atoms with Crippen LogP contribution in [0.2, 0.25) is 0 Å². The van der Waals surface area contributed by atoms with Gasteiger partial charge in [-0.1, -0.05) is 18.2 Å². The van der Waals surface area contributed by atoms with Crippen molar-refractivity contribution >= 4 is 44.3 Å². The molecule has 0 atom stereocenters. The van der Waals surface area contributed by atoms with Crippen molar-refractivity contribution in [1.82, 2.24) is 4.98 Å². The van der Waals surface area contributed by atoms with Gasteiger partial charge in [-0.2, -0.15) is 8.42 Å². The third-order valence-electron chi connectivity index (χ3n) is 3.99. The van der Waals surface area contributed by atoms with Gasteiger partial charge in [-0.25, -0.2) is 0 Å². The summed E-state index contributed by atoms with van der Waals surface area (Å²) in [7, 11) is -4.33. The number of fused-ring (bicyclic) bond motifs is 2. The topological polar surface area (TPSA) is 99.3 Å². The summed E-state index contributed by atoms with van der Waals surface area (Å²) in [4.78, 5) is 15.1. The predicted molar refractivity (Wildman–Crippen MR) is 91.1 cm³/mol. The van der Waals surface area contributed by atoms with Crippen LogP contribution in [0.25, 0.3) is 22.6 Å². The van der Waals surface area contributed by atoms with Gasteiger partial charge >= 0.3 is 0 Å². The van der Waals surface area contributed by atoms with E-state index in [4.69, 9.17) is 0 Å². The third kappa shape index (κ3) is 2.31. The number of carbonyl (C=O) groups excluding carboxylic acids is 1. The first-order valence-corrected chi connectivity index (χ1v) is 8.58. The lowest BCUT2D eigenvalue weighted by Gasteiger charge is -2.02. The molecule has 0 unspecified atom stereocenters. The first-order chi connectivity index (χ1) is 11.4. The molecule has 1 aliphatic rings. The molecule has 0 radical (unpaired) electrons. The fourth-order valence-electron chi connectivity index (χ4n) is 2.84. The molecule has 2 heterocycles. The van der Waals surface area contributed by atoms with E-state index in [0.717, 1.165) is 16.5 Å². The van der Waals surface area contributed by atoms with Gasteiger partial charge in [-0.05, 0) is 30.3 Å². The standard InChI is InChI=1S/C17H12N2O4S/c20-17-14(7-10-9-18-15-4-2-1-3-12(10)15)13-8-11(24(21,22)23)5-6-16(13)19-17/h1-9,18H,(H,19,20)(H,21,22,23). The second kappa shape index (κ2) is 5.05. The number of amides is 1. The van der Waals surface area contributed by atoms with Gasteiger partial charge in [0.1, 0.15) is 0 Å². The second-order valence-electron chi connectivity index (χ2n) is 5.48. The van der Waals surface area contributed by atoms with Gasteiger partial charge in [0.25, 0.3) is 16.0 Å². The highest BCUT2D eigenvalue weighted by Crippen LogP contribution is 2.35. The zero-order chi connectivity index (χ0) is 16.9. The van der Waals surface area contributed by atoms with Crippen LogP contribution in [-0.4, -0.2) is 23.9 Å². The van der Waals surface area contributed by atoms with Crippen LogP contribution in [0.3, 0.4) is 0 Å². The zero-order valence-corrected chi connectivity index (χ0v) is 13.1. The number of hydrogen-bond donors (Lipinski definition) is 3. The number of anilines is 1. The Morgan fingerprint density at radius 2 is 1.88 bits per heavy atom. The number of aromatic nitrogens is 1. The Labute approximate surface area is 137 Å². The lowest BCUT2D eigenvalue weighted by atomic mass is 10.0. The van der Waals surface area contributed by atoms with E-state index in [1.54, 1.807) is 12.3 Å². The Balaban J connectivity index is 1.90. The molecule has 7 heteroatoms. The molecule has 0 spiro atoms. The van der Waals surface area contributed by atoms with Crippen molar-refractivity contribution in [3.05, 3.63) is 59.8 Å². The summed E-state index contributed by atoms with van der Waals surface area (Å²) in [5.41, 5.74) is 3.06. The van der Waals surface area contributed by atoms with E-state index < -0.39 is 10.1 Å². The molecule has 1 aliphatic heterocycles. The first kappa shape index (κ1) is 14.7. The van der Waals surface area contributed by atoms with Crippen LogP contribution in [0.1, 0.15) is 11.1 Å². The van der Waals surface area contributed by atoms with E-state index in [0.29, 0.717) is 16.8 Å². The van der Waals surface area contributed by atoms with Crippen molar-refractivity contribution in [3.8, 4) is 0 Å². The number of nitrogens with one attached hydrogen (secondary N) is 2. The summed E-state index contributed by atoms with van der Waals surface area (Å²) in [6.45, 7) is 0. The molecule has 6 nitrogen and oxygen atoms in total. The molecule has 24 heavy (non-hydrogen) atoms. The molecule has 0 aliphatic carbocycles. The molecule has 0 saturated heterocycles. The predicted octanol–water partition coefficient (Wildman–Crippen LogP) is 2.91. The zero-order valence-electron chi connectivity index (χ0n) is 12.3. The number of aromatic amines is 1. The Morgan fingerprint density at radius 1 is 1.08 bits per heavy atom. The molecule has 0 bridgehead atoms. The highest BCUT2D eigenvalue weighted by atomic mass is 32.2. The number of hydrogen-bond acceptors (Lipinski definition) is 3. The number of para-hydroxylation sites is 1. The number of H-pyrrole nitrogens is 1. The van der Waals surface area contributed by atoms with Gasteiger partial charge in [0.15, 0.2) is 0 Å². The number of rotatable bonds is 2. The van der Waals surface area contributed by atoms with Gasteiger partial charge in [0.2, 0.25) is 0 Å². The fourth-order valence-corrected chi connectivity index (χ4v) is 3.35. The molecule has 1 amide bonds. The van der Waals surface area contributed by atoms with Crippen LogP contribution in [0.15, 0.2) is 53.6 Å². The Hall–Kier alpha value is -2.90. The van der Waals surface area contributed by atoms with Crippen molar-refractivity contribution in [2.75, 3.05) is 5.32 Å². The summed E-state index contributed by atoms with van der Waals surface area (Å²) in [6, 6.07) is 11.7. The number of carbonyl (C=O) groups is 1. The Bertz CT molecular complexity index is 1130. The summed E-state index contributed by atoms with van der Waals surface area (Å²) >= 11 is 0. The fraction of sp³-hybridized carbons (Fsp3) is 0. The summed E-state index contributed by atoms with van der Waals surface area (Å²) in [5, 5.41) is 3.65. The van der Waals surface area contributed by atoms with Crippen molar-refractivity contribution in [3.63, 3.8) is 0 Å². The maximum absolute atomic E-state index is 12.3. The third-order valence-corrected chi connectivity index (χ3v) is 4.84. The van der Waals surface area contributed by atoms with E-state index in [-0.39, 0.29) is 10.8 Å². The summed E-state index contributed by atoms with van der Waals surface area (Å²) in [5.74, 6) is -0.317. The van der Waals surface area contributed by atoms with Gasteiger partial charge < -0.3 is 10.3 Å². The van der Waals surface area contributed by atoms with E-state index in [1.165, 1.54) is 18.2 Å². The molecule has 4 rings (SSSR count). The quantitative estimate of drug-likeness (QED) is 0.493. The van der Waals surface area contributed by atoms with Crippen molar-refractivity contribution < 1.29 is 17.8 Å². The largest absolute Gasteiger partial charge is 0.361 e. The van der Waals surface area contributed by atoms with Gasteiger partial charge in [-0.15, -0.1) is 0 Å². The van der Waals surface area contributed by atoms with Gasteiger partial charge in [-0.3, -0.25) is 9.35 Å². The lowest BCUT2D eigenvalue weighted by molar-refractivity contribution is -0.110. The molecular formula is C17H12N2O4S. The molecule has 3 N–H and O–H groups in total. The van der Waals surface area contributed by atoms with Crippen LogP contribution in [0.4, 0.5) is 5.69 Å². The van der Waals surface area contributed by atoms with E-state index in [9.17, 15) is 17.8 Å². The number of benzene rings is 2. The lowest BCUT2D eigenvalue weighted by Crippen LogP contribution is -2.03. The van der Waals surface area contributed by atoms with Crippen LogP contribution in [0, 0.1) is 0 Å². The molecule has 0 saturated carbocycles. The molecule has 0 fully saturated rings. The van der Waals surface area contributed by atoms with E-state index in [2.05, 4.69) is 10.3 Å². The van der Waals surface area contributed by atoms with Crippen LogP contribution in [0.5, 0.6) is 0 Å². The second-order valence-corrected chi connectivity index (χ2v) is 6.91. The van der Waals surface area contributed by atoms with Gasteiger partial charge in [0, 0.05) is 39.5 Å². The maximum atomic E-state index is 12.3. The molecule has 3 aromatic rings. The normalized spacial score (nSPS) is 15.7. The van der Waals surface area contributed by atoms with E-state index in [1.807, 2.05) is 24.3 Å². The van der Waals surface area contributed by atoms with Crippen molar-refractivity contribution in [2.24, 2.45) is 0 Å². The monoisotopic (exact) mass is 340 g/mol. The smallest absolute Gasteiger partial charge is 0.294 e. The van der Waals surface area contributed by atoms with Crippen molar-refractivity contribution in [2.45, 2.75) is 4.90 Å². The summed E-state index contributed by atoms with van der Waals surface area (Å²) in [6.07, 6.45) is 3.49. The SMILES string of the molecule is O=C1Nc2ccc(S(=O)(=O)O)cc2C1=Cc1c[nH]c2ccccc12. The molecular weight excluding hydrogens is 328 g/mol. The average molecular weight is 340 g/mol. The molecule has 1 aromatic heterocycles. The minimum atomic E-state index is -4.33. The summed E-state index contributed by atoms with van der Waals surface area (Å²) < 4.78 is 31.9. The van der Waals surface area contributed by atoms with E-state index >= 15 is 0 Å². The van der Waals surface area contributed by atoms with Gasteiger partial charge in [0.05, 0.1) is 4.90 Å². The average Bonchev–Trinajstić information content (AvgIpc) is 3.08. The van der Waals surface area contributed by atoms with Crippen LogP contribution >= 0.6 is 0 Å². The molecule has 2 aromatic carbocycles.